The first-order chi connectivity index (χ1) is 10.5. The fourth-order valence-electron chi connectivity index (χ4n) is 2.58. The highest BCUT2D eigenvalue weighted by molar-refractivity contribution is 5.79. The number of carbonyl (C=O) groups excluding carboxylic acids is 1. The highest BCUT2D eigenvalue weighted by Gasteiger charge is 2.36. The minimum atomic E-state index is -0.836. The van der Waals surface area contributed by atoms with Crippen molar-refractivity contribution in [3.63, 3.8) is 0 Å². The molecule has 0 radical (unpaired) electrons. The molecular weight excluding hydrogens is 286 g/mol. The summed E-state index contributed by atoms with van der Waals surface area (Å²) in [5.41, 5.74) is 0. The van der Waals surface area contributed by atoms with Gasteiger partial charge in [0.05, 0.1) is 26.1 Å². The number of nitrogens with zero attached hydrogens (tertiary/aromatic N) is 1. The summed E-state index contributed by atoms with van der Waals surface area (Å²) in [6.07, 6.45) is 0.241. The summed E-state index contributed by atoms with van der Waals surface area (Å²) in [5, 5.41) is 9.08. The Bertz CT molecular complexity index is 528. The Morgan fingerprint density at radius 2 is 1.86 bits per heavy atom. The first-order valence-corrected chi connectivity index (χ1v) is 7.28. The maximum Gasteiger partial charge on any atom is 0.308 e. The molecule has 1 fully saturated rings. The molecular formula is C16H21NO5. The maximum absolute atomic E-state index is 12.1. The van der Waals surface area contributed by atoms with Crippen LogP contribution in [-0.2, 0) is 9.59 Å². The predicted molar refractivity (Wildman–Crippen MR) is 80.0 cm³/mol. The van der Waals surface area contributed by atoms with Crippen LogP contribution in [0.2, 0.25) is 0 Å². The third-order valence-electron chi connectivity index (χ3n) is 3.93. The SMILES string of the molecule is COc1ccc(OCCC(=O)N2C[C@@H](C)[C@H](C(=O)O)C2)cc1. The summed E-state index contributed by atoms with van der Waals surface area (Å²) in [5.74, 6) is 0.0396. The Hall–Kier alpha value is -2.24. The molecule has 1 aromatic carbocycles. The molecule has 2 atom stereocenters. The van der Waals surface area contributed by atoms with E-state index in [2.05, 4.69) is 0 Å². The van der Waals surface area contributed by atoms with E-state index in [1.165, 1.54) is 0 Å². The van der Waals surface area contributed by atoms with Gasteiger partial charge in [0.25, 0.3) is 0 Å². The highest BCUT2D eigenvalue weighted by Crippen LogP contribution is 2.24. The van der Waals surface area contributed by atoms with Crippen molar-refractivity contribution in [1.82, 2.24) is 4.90 Å². The normalized spacial score (nSPS) is 20.7. The number of aliphatic carboxylic acids is 1. The molecule has 22 heavy (non-hydrogen) atoms. The lowest BCUT2D eigenvalue weighted by Gasteiger charge is -2.16. The molecule has 6 nitrogen and oxygen atoms in total. The average molecular weight is 307 g/mol. The van der Waals surface area contributed by atoms with Gasteiger partial charge in [-0.15, -0.1) is 0 Å². The number of methoxy groups -OCH3 is 1. The molecule has 1 aliphatic rings. The largest absolute Gasteiger partial charge is 0.497 e. The van der Waals surface area contributed by atoms with Crippen LogP contribution in [0.25, 0.3) is 0 Å². The summed E-state index contributed by atoms with van der Waals surface area (Å²) in [7, 11) is 1.59. The molecule has 0 aromatic heterocycles. The van der Waals surface area contributed by atoms with Crippen molar-refractivity contribution in [3.8, 4) is 11.5 Å². The summed E-state index contributed by atoms with van der Waals surface area (Å²) >= 11 is 0. The molecule has 1 N–H and O–H groups in total. The minimum Gasteiger partial charge on any atom is -0.497 e. The van der Waals surface area contributed by atoms with Gasteiger partial charge in [0.1, 0.15) is 11.5 Å². The van der Waals surface area contributed by atoms with E-state index in [4.69, 9.17) is 14.6 Å². The zero-order valence-corrected chi connectivity index (χ0v) is 12.8. The number of hydrogen-bond acceptors (Lipinski definition) is 4. The number of benzene rings is 1. The second-order valence-electron chi connectivity index (χ2n) is 5.49. The smallest absolute Gasteiger partial charge is 0.308 e. The van der Waals surface area contributed by atoms with Gasteiger partial charge in [-0.25, -0.2) is 0 Å². The molecule has 0 spiro atoms. The maximum atomic E-state index is 12.1. The number of rotatable bonds is 6. The zero-order valence-electron chi connectivity index (χ0n) is 12.8. The molecule has 2 rings (SSSR count). The van der Waals surface area contributed by atoms with Gasteiger partial charge in [0, 0.05) is 13.1 Å². The van der Waals surface area contributed by atoms with E-state index in [1.54, 1.807) is 36.3 Å². The van der Waals surface area contributed by atoms with Crippen molar-refractivity contribution in [2.24, 2.45) is 11.8 Å². The highest BCUT2D eigenvalue weighted by atomic mass is 16.5. The predicted octanol–water partition coefficient (Wildman–Crippen LogP) is 1.64. The Balaban J connectivity index is 1.77. The van der Waals surface area contributed by atoms with E-state index >= 15 is 0 Å². The summed E-state index contributed by atoms with van der Waals surface area (Å²) in [6, 6.07) is 7.14. The molecule has 1 saturated heterocycles. The zero-order chi connectivity index (χ0) is 16.1. The molecule has 0 bridgehead atoms. The molecule has 1 aromatic rings. The van der Waals surface area contributed by atoms with Crippen molar-refractivity contribution in [2.45, 2.75) is 13.3 Å². The number of carboxylic acid groups (broad SMARTS) is 1. The molecule has 1 amide bonds. The lowest BCUT2D eigenvalue weighted by molar-refractivity contribution is -0.142. The third-order valence-corrected chi connectivity index (χ3v) is 3.93. The number of ether oxygens (including phenoxy) is 2. The van der Waals surface area contributed by atoms with Gasteiger partial charge in [-0.05, 0) is 30.2 Å². The van der Waals surface area contributed by atoms with Crippen LogP contribution in [0.3, 0.4) is 0 Å². The fraction of sp³-hybridized carbons (Fsp3) is 0.500. The monoisotopic (exact) mass is 307 g/mol. The van der Waals surface area contributed by atoms with Gasteiger partial charge in [-0.2, -0.15) is 0 Å². The molecule has 120 valence electrons. The van der Waals surface area contributed by atoms with E-state index in [0.717, 1.165) is 5.75 Å². The number of likely N-dealkylation sites (tertiary alicyclic amines) is 1. The topological polar surface area (TPSA) is 76.1 Å². The van der Waals surface area contributed by atoms with E-state index in [1.807, 2.05) is 6.92 Å². The van der Waals surface area contributed by atoms with Gasteiger partial charge < -0.3 is 19.5 Å². The van der Waals surface area contributed by atoms with Gasteiger partial charge in [-0.3, -0.25) is 9.59 Å². The number of carbonyl (C=O) groups is 2. The van der Waals surface area contributed by atoms with Crippen LogP contribution >= 0.6 is 0 Å². The van der Waals surface area contributed by atoms with Gasteiger partial charge >= 0.3 is 5.97 Å². The fourth-order valence-corrected chi connectivity index (χ4v) is 2.58. The molecule has 0 aliphatic carbocycles. The number of hydrogen-bond donors (Lipinski definition) is 1. The van der Waals surface area contributed by atoms with Gasteiger partial charge in [0.2, 0.25) is 5.91 Å². The first-order valence-electron chi connectivity index (χ1n) is 7.28. The van der Waals surface area contributed by atoms with Crippen LogP contribution in [0.5, 0.6) is 11.5 Å². The van der Waals surface area contributed by atoms with Crippen LogP contribution < -0.4 is 9.47 Å². The Morgan fingerprint density at radius 1 is 1.23 bits per heavy atom. The number of carboxylic acids is 1. The standard InChI is InChI=1S/C16H21NO5/c1-11-9-17(10-14(11)16(19)20)15(18)7-8-22-13-5-3-12(21-2)4-6-13/h3-6,11,14H,7-10H2,1-2H3,(H,19,20)/t11-,14-/m1/s1. The van der Waals surface area contributed by atoms with Gasteiger partial charge in [-0.1, -0.05) is 6.92 Å². The summed E-state index contributed by atoms with van der Waals surface area (Å²) in [4.78, 5) is 24.8. The van der Waals surface area contributed by atoms with Crippen molar-refractivity contribution in [2.75, 3.05) is 26.8 Å². The van der Waals surface area contributed by atoms with E-state index < -0.39 is 11.9 Å². The van der Waals surface area contributed by atoms with Gasteiger partial charge in [0.15, 0.2) is 0 Å². The van der Waals surface area contributed by atoms with Crippen molar-refractivity contribution in [1.29, 1.82) is 0 Å². The Labute approximate surface area is 129 Å². The number of amides is 1. The van der Waals surface area contributed by atoms with E-state index in [-0.39, 0.29) is 31.4 Å². The van der Waals surface area contributed by atoms with Crippen LogP contribution in [0.1, 0.15) is 13.3 Å². The molecule has 0 unspecified atom stereocenters. The Kier molecular flexibility index (Phi) is 5.25. The molecule has 1 aliphatic heterocycles. The van der Waals surface area contributed by atoms with Crippen LogP contribution in [0.15, 0.2) is 24.3 Å². The van der Waals surface area contributed by atoms with Crippen molar-refractivity contribution >= 4 is 11.9 Å². The first kappa shape index (κ1) is 16.1. The molecule has 1 heterocycles. The second-order valence-corrected chi connectivity index (χ2v) is 5.49. The molecule has 0 saturated carbocycles. The summed E-state index contributed by atoms with van der Waals surface area (Å²) < 4.78 is 10.6. The average Bonchev–Trinajstić information content (AvgIpc) is 2.90. The van der Waals surface area contributed by atoms with Crippen LogP contribution in [-0.4, -0.2) is 48.7 Å². The minimum absolute atomic E-state index is 0.0102. The third kappa shape index (κ3) is 3.90. The summed E-state index contributed by atoms with van der Waals surface area (Å²) in [6.45, 7) is 2.92. The lowest BCUT2D eigenvalue weighted by Crippen LogP contribution is -2.30. The van der Waals surface area contributed by atoms with Crippen molar-refractivity contribution < 1.29 is 24.2 Å². The van der Waals surface area contributed by atoms with Crippen molar-refractivity contribution in [3.05, 3.63) is 24.3 Å². The Morgan fingerprint density at radius 3 is 2.41 bits per heavy atom. The van der Waals surface area contributed by atoms with E-state index in [0.29, 0.717) is 12.3 Å². The van der Waals surface area contributed by atoms with Crippen LogP contribution in [0, 0.1) is 11.8 Å². The van der Waals surface area contributed by atoms with E-state index in [9.17, 15) is 9.59 Å². The quantitative estimate of drug-likeness (QED) is 0.864. The second kappa shape index (κ2) is 7.15. The lowest BCUT2D eigenvalue weighted by atomic mass is 9.99. The van der Waals surface area contributed by atoms with Crippen LogP contribution in [0.4, 0.5) is 0 Å². The molecule has 6 heteroatoms.